The quantitative estimate of drug-likeness (QED) is 0.182. The molecule has 0 bridgehead atoms. The minimum atomic E-state index is 0.654. The van der Waals surface area contributed by atoms with Crippen molar-refractivity contribution in [2.24, 2.45) is 0 Å². The molecule has 0 aliphatic heterocycles. The van der Waals surface area contributed by atoms with E-state index in [-0.39, 0.29) is 0 Å². The zero-order valence-electron chi connectivity index (χ0n) is 30.3. The van der Waals surface area contributed by atoms with Gasteiger partial charge in [-0.15, -0.1) is 0 Å². The summed E-state index contributed by atoms with van der Waals surface area (Å²) in [4.78, 5) is 10.8. The smallest absolute Gasteiger partial charge is 0.235 e. The molecule has 0 unspecified atom stereocenters. The predicted molar refractivity (Wildman–Crippen MR) is 234 cm³/mol. The number of hydrogen-bond acceptors (Lipinski definition) is 2. The van der Waals surface area contributed by atoms with Crippen molar-refractivity contribution in [1.82, 2.24) is 19.1 Å². The highest BCUT2D eigenvalue weighted by Crippen LogP contribution is 2.43. The maximum Gasteiger partial charge on any atom is 0.235 e. The average molecular weight is 713 g/mol. The van der Waals surface area contributed by atoms with Gasteiger partial charge >= 0.3 is 0 Å². The molecule has 3 heterocycles. The Morgan fingerprint density at radius 3 is 1.93 bits per heavy atom. The molecule has 0 saturated heterocycles. The Labute approximate surface area is 322 Å². The fourth-order valence-electron chi connectivity index (χ4n) is 8.99. The molecule has 4 nitrogen and oxygen atoms in total. The molecular formula is C52H32N4. The third-order valence-corrected chi connectivity index (χ3v) is 11.5. The van der Waals surface area contributed by atoms with Crippen molar-refractivity contribution in [2.75, 3.05) is 0 Å². The Morgan fingerprint density at radius 1 is 0.357 bits per heavy atom. The minimum absolute atomic E-state index is 0.654. The summed E-state index contributed by atoms with van der Waals surface area (Å²) >= 11 is 0. The molecule has 0 aliphatic rings. The SMILES string of the molecule is c1ccc(-n2c3ccccc3c3cc(-c4cccc5c4c4ccc6ccccc6c4n5-c4nc(-c5ccc6ccccc6c5)c5ccccc5n4)ccc32)cc1. The van der Waals surface area contributed by atoms with E-state index in [0.29, 0.717) is 5.95 Å². The maximum atomic E-state index is 5.49. The lowest BCUT2D eigenvalue weighted by Crippen LogP contribution is -2.03. The number of aromatic nitrogens is 4. The van der Waals surface area contributed by atoms with Gasteiger partial charge in [0.2, 0.25) is 5.95 Å². The molecule has 0 saturated carbocycles. The Balaban J connectivity index is 1.16. The highest BCUT2D eigenvalue weighted by Gasteiger charge is 2.22. The normalized spacial score (nSPS) is 11.9. The van der Waals surface area contributed by atoms with Crippen LogP contribution >= 0.6 is 0 Å². The molecule has 0 N–H and O–H groups in total. The largest absolute Gasteiger partial charge is 0.309 e. The number of hydrogen-bond donors (Lipinski definition) is 0. The van der Waals surface area contributed by atoms with Crippen LogP contribution in [0.1, 0.15) is 0 Å². The monoisotopic (exact) mass is 712 g/mol. The molecule has 9 aromatic carbocycles. The number of nitrogens with zero attached hydrogens (tertiary/aromatic N) is 4. The van der Waals surface area contributed by atoms with Crippen LogP contribution in [0.2, 0.25) is 0 Å². The van der Waals surface area contributed by atoms with Gasteiger partial charge in [-0.3, -0.25) is 4.57 Å². The molecule has 12 rings (SSSR count). The van der Waals surface area contributed by atoms with E-state index in [4.69, 9.17) is 9.97 Å². The van der Waals surface area contributed by atoms with Crippen LogP contribution in [0.15, 0.2) is 194 Å². The lowest BCUT2D eigenvalue weighted by Gasteiger charge is -2.13. The second-order valence-corrected chi connectivity index (χ2v) is 14.6. The van der Waals surface area contributed by atoms with Gasteiger partial charge < -0.3 is 4.57 Å². The summed E-state index contributed by atoms with van der Waals surface area (Å²) in [7, 11) is 0. The molecule has 0 aliphatic carbocycles. The first-order chi connectivity index (χ1) is 27.8. The van der Waals surface area contributed by atoms with Crippen LogP contribution in [-0.4, -0.2) is 19.1 Å². The minimum Gasteiger partial charge on any atom is -0.309 e. The van der Waals surface area contributed by atoms with Gasteiger partial charge in [0.05, 0.1) is 33.3 Å². The maximum absolute atomic E-state index is 5.49. The van der Waals surface area contributed by atoms with Gasteiger partial charge in [-0.1, -0.05) is 146 Å². The molecular weight excluding hydrogens is 681 g/mol. The number of benzene rings is 9. The first-order valence-corrected chi connectivity index (χ1v) is 19.1. The highest BCUT2D eigenvalue weighted by molar-refractivity contribution is 6.23. The van der Waals surface area contributed by atoms with Gasteiger partial charge in [0, 0.05) is 43.6 Å². The van der Waals surface area contributed by atoms with Crippen molar-refractivity contribution in [1.29, 1.82) is 0 Å². The number of para-hydroxylation sites is 3. The Bertz CT molecular complexity index is 3540. The lowest BCUT2D eigenvalue weighted by atomic mass is 9.97. The molecule has 0 spiro atoms. The Kier molecular flexibility index (Phi) is 6.60. The summed E-state index contributed by atoms with van der Waals surface area (Å²) < 4.78 is 4.67. The first kappa shape index (κ1) is 30.9. The van der Waals surface area contributed by atoms with E-state index in [1.54, 1.807) is 0 Å². The highest BCUT2D eigenvalue weighted by atomic mass is 15.2. The van der Waals surface area contributed by atoms with Crippen LogP contribution in [0, 0.1) is 0 Å². The second-order valence-electron chi connectivity index (χ2n) is 14.6. The van der Waals surface area contributed by atoms with Gasteiger partial charge in [0.15, 0.2) is 0 Å². The van der Waals surface area contributed by atoms with Gasteiger partial charge in [0.25, 0.3) is 0 Å². The van der Waals surface area contributed by atoms with E-state index >= 15 is 0 Å². The van der Waals surface area contributed by atoms with Crippen molar-refractivity contribution < 1.29 is 0 Å². The fraction of sp³-hybridized carbons (Fsp3) is 0. The molecule has 4 heteroatoms. The average Bonchev–Trinajstić information content (AvgIpc) is 3.79. The molecule has 0 amide bonds. The lowest BCUT2D eigenvalue weighted by molar-refractivity contribution is 1.02. The molecule has 260 valence electrons. The molecule has 56 heavy (non-hydrogen) atoms. The topological polar surface area (TPSA) is 35.6 Å². The van der Waals surface area contributed by atoms with E-state index in [1.165, 1.54) is 59.9 Å². The van der Waals surface area contributed by atoms with Crippen LogP contribution in [-0.2, 0) is 0 Å². The fourth-order valence-corrected chi connectivity index (χ4v) is 8.99. The summed E-state index contributed by atoms with van der Waals surface area (Å²) in [6.45, 7) is 0. The summed E-state index contributed by atoms with van der Waals surface area (Å²) in [5.41, 5.74) is 11.0. The summed E-state index contributed by atoms with van der Waals surface area (Å²) in [6, 6.07) is 69.7. The second kappa shape index (κ2) is 12.0. The van der Waals surface area contributed by atoms with Gasteiger partial charge in [-0.25, -0.2) is 9.97 Å². The van der Waals surface area contributed by atoms with Gasteiger partial charge in [-0.05, 0) is 75.8 Å². The molecule has 0 atom stereocenters. The zero-order valence-corrected chi connectivity index (χ0v) is 30.3. The molecule has 0 fully saturated rings. The summed E-state index contributed by atoms with van der Waals surface area (Å²) in [6.07, 6.45) is 0. The Hall–Kier alpha value is -7.56. The third-order valence-electron chi connectivity index (χ3n) is 11.5. The van der Waals surface area contributed by atoms with Crippen LogP contribution in [0.3, 0.4) is 0 Å². The van der Waals surface area contributed by atoms with Crippen molar-refractivity contribution in [3.8, 4) is 34.0 Å². The first-order valence-electron chi connectivity index (χ1n) is 19.1. The standard InChI is InChI=1S/C52H32N4/c1-2-16-38(17-3-1)55-46-23-11-9-19-41(46)44-32-36(28-30-47(44)55)39-21-12-24-48-49(39)43-29-27-34-14-6-7-18-40(34)51(43)56(48)52-53-45-22-10-8-20-42(45)50(54-52)37-26-25-33-13-4-5-15-35(33)31-37/h1-32H. The summed E-state index contributed by atoms with van der Waals surface area (Å²) in [5, 5.41) is 10.6. The van der Waals surface area contributed by atoms with Crippen LogP contribution in [0.5, 0.6) is 0 Å². The van der Waals surface area contributed by atoms with Crippen molar-refractivity contribution in [3.05, 3.63) is 194 Å². The van der Waals surface area contributed by atoms with Crippen LogP contribution in [0.4, 0.5) is 0 Å². The third kappa shape index (κ3) is 4.53. The molecule has 3 aromatic heterocycles. The van der Waals surface area contributed by atoms with Gasteiger partial charge in [-0.2, -0.15) is 0 Å². The molecule has 0 radical (unpaired) electrons. The van der Waals surface area contributed by atoms with E-state index in [9.17, 15) is 0 Å². The number of rotatable bonds is 4. The van der Waals surface area contributed by atoms with E-state index in [1.807, 2.05) is 0 Å². The number of fused-ring (bicyclic) bond motifs is 10. The Morgan fingerprint density at radius 2 is 1.04 bits per heavy atom. The van der Waals surface area contributed by atoms with E-state index < -0.39 is 0 Å². The van der Waals surface area contributed by atoms with Crippen LogP contribution < -0.4 is 0 Å². The van der Waals surface area contributed by atoms with Crippen molar-refractivity contribution in [3.63, 3.8) is 0 Å². The predicted octanol–water partition coefficient (Wildman–Crippen LogP) is 13.5. The van der Waals surface area contributed by atoms with Crippen molar-refractivity contribution in [2.45, 2.75) is 0 Å². The van der Waals surface area contributed by atoms with Gasteiger partial charge in [0.1, 0.15) is 0 Å². The van der Waals surface area contributed by atoms with Crippen LogP contribution in [0.25, 0.3) is 110 Å². The van der Waals surface area contributed by atoms with Crippen molar-refractivity contribution >= 4 is 76.1 Å². The van der Waals surface area contributed by atoms with E-state index in [0.717, 1.165) is 44.3 Å². The summed E-state index contributed by atoms with van der Waals surface area (Å²) in [5.74, 6) is 0.654. The van der Waals surface area contributed by atoms with E-state index in [2.05, 4.69) is 203 Å². The zero-order chi connectivity index (χ0) is 36.7. The molecule has 12 aromatic rings.